The molecule has 2 aliphatic heterocycles. The Kier molecular flexibility index (Phi) is 7.74. The molecule has 2 N–H and O–H groups in total. The lowest BCUT2D eigenvalue weighted by atomic mass is 9.90. The van der Waals surface area contributed by atoms with Crippen molar-refractivity contribution in [2.45, 2.75) is 39.2 Å². The van der Waals surface area contributed by atoms with E-state index >= 15 is 0 Å². The van der Waals surface area contributed by atoms with Crippen molar-refractivity contribution in [2.24, 2.45) is 11.8 Å². The van der Waals surface area contributed by atoms with E-state index in [1.807, 2.05) is 0 Å². The number of aryl methyl sites for hydroxylation is 1. The van der Waals surface area contributed by atoms with E-state index in [1.54, 1.807) is 24.0 Å². The number of amides is 3. The number of nitrogens with one attached hydrogen (secondary N) is 2. The molecule has 3 heterocycles. The molecule has 1 aromatic carbocycles. The Morgan fingerprint density at radius 2 is 1.92 bits per heavy atom. The Balaban J connectivity index is 1.40. The zero-order chi connectivity index (χ0) is 26.0. The van der Waals surface area contributed by atoms with Crippen LogP contribution in [0.25, 0.3) is 0 Å². The molecule has 9 nitrogen and oxygen atoms in total. The van der Waals surface area contributed by atoms with Gasteiger partial charge in [-0.3, -0.25) is 14.9 Å². The lowest BCUT2D eigenvalue weighted by molar-refractivity contribution is -0.137. The quantitative estimate of drug-likeness (QED) is 0.547. The van der Waals surface area contributed by atoms with Gasteiger partial charge in [-0.15, -0.1) is 0 Å². The average Bonchev–Trinajstić information content (AvgIpc) is 3.32. The highest BCUT2D eigenvalue weighted by molar-refractivity contribution is 7.91. The molecule has 0 saturated carbocycles. The summed E-state index contributed by atoms with van der Waals surface area (Å²) in [6, 6.07) is 4.77. The minimum Gasteiger partial charge on any atom is -0.342 e. The molecule has 0 radical (unpaired) electrons. The van der Waals surface area contributed by atoms with Gasteiger partial charge in [-0.2, -0.15) is 0 Å². The molecule has 194 valence electrons. The highest BCUT2D eigenvalue weighted by atomic mass is 32.2. The lowest BCUT2D eigenvalue weighted by Crippen LogP contribution is -2.50. The van der Waals surface area contributed by atoms with E-state index in [4.69, 9.17) is 0 Å². The summed E-state index contributed by atoms with van der Waals surface area (Å²) in [6.45, 7) is 4.09. The molecule has 0 spiro atoms. The van der Waals surface area contributed by atoms with Crippen LogP contribution in [0.1, 0.15) is 40.7 Å². The summed E-state index contributed by atoms with van der Waals surface area (Å²) in [5.74, 6) is -2.08. The van der Waals surface area contributed by atoms with Crippen molar-refractivity contribution in [1.82, 2.24) is 15.2 Å². The maximum atomic E-state index is 13.4. The number of carbonyl (C=O) groups is 3. The van der Waals surface area contributed by atoms with E-state index < -0.39 is 27.8 Å². The topological polar surface area (TPSA) is 126 Å². The third-order valence-corrected chi connectivity index (χ3v) is 9.50. The van der Waals surface area contributed by atoms with Crippen LogP contribution in [-0.4, -0.2) is 66.7 Å². The first-order chi connectivity index (χ1) is 17.0. The summed E-state index contributed by atoms with van der Waals surface area (Å²) in [7, 11) is -3.51. The molecule has 36 heavy (non-hydrogen) atoms. The van der Waals surface area contributed by atoms with Gasteiger partial charge in [-0.1, -0.05) is 23.5 Å². The number of thiazole rings is 1. The van der Waals surface area contributed by atoms with Crippen molar-refractivity contribution >= 4 is 44.0 Å². The fraction of sp³-hybridized carbons (Fsp3) is 0.500. The number of hydrogen-bond acceptors (Lipinski definition) is 7. The van der Waals surface area contributed by atoms with Crippen molar-refractivity contribution < 1.29 is 27.2 Å². The second-order valence-corrected chi connectivity index (χ2v) is 12.7. The number of hydrogen-bond donors (Lipinski definition) is 2. The van der Waals surface area contributed by atoms with Crippen LogP contribution in [-0.2, 0) is 21.1 Å². The first-order valence-corrected chi connectivity index (χ1v) is 14.4. The molecular formula is C24H29FN4O5S2. The predicted molar refractivity (Wildman–Crippen MR) is 134 cm³/mol. The Morgan fingerprint density at radius 3 is 2.58 bits per heavy atom. The van der Waals surface area contributed by atoms with Crippen LogP contribution in [0.15, 0.2) is 24.3 Å². The number of carbonyl (C=O) groups excluding carboxylic acids is 3. The van der Waals surface area contributed by atoms with E-state index in [0.717, 1.165) is 29.7 Å². The Bertz CT molecular complexity index is 1260. The number of aromatic nitrogens is 1. The molecule has 2 aliphatic rings. The summed E-state index contributed by atoms with van der Waals surface area (Å²) < 4.78 is 38.0. The number of nitrogens with zero attached hydrogens (tertiary/aromatic N) is 2. The molecule has 0 aliphatic carbocycles. The third-order valence-electron chi connectivity index (χ3n) is 6.59. The summed E-state index contributed by atoms with van der Waals surface area (Å²) >= 11 is 1.04. The van der Waals surface area contributed by atoms with Crippen molar-refractivity contribution in [2.75, 3.05) is 29.9 Å². The molecule has 0 bridgehead atoms. The monoisotopic (exact) mass is 536 g/mol. The maximum absolute atomic E-state index is 13.4. The molecule has 0 unspecified atom stereocenters. The zero-order valence-electron chi connectivity index (χ0n) is 20.1. The Morgan fingerprint density at radius 1 is 1.19 bits per heavy atom. The highest BCUT2D eigenvalue weighted by Gasteiger charge is 2.45. The molecule has 2 saturated heterocycles. The number of ketones is 1. The van der Waals surface area contributed by atoms with Crippen LogP contribution in [0.4, 0.5) is 14.3 Å². The summed E-state index contributed by atoms with van der Waals surface area (Å²) in [6.07, 6.45) is 2.41. The summed E-state index contributed by atoms with van der Waals surface area (Å²) in [4.78, 5) is 43.9. The third kappa shape index (κ3) is 6.28. The minimum absolute atomic E-state index is 0.162. The van der Waals surface area contributed by atoms with E-state index in [-0.39, 0.29) is 40.1 Å². The van der Waals surface area contributed by atoms with E-state index in [0.29, 0.717) is 30.1 Å². The molecule has 3 amide bonds. The number of halogens is 1. The van der Waals surface area contributed by atoms with Gasteiger partial charge < -0.3 is 10.2 Å². The number of likely N-dealkylation sites (tertiary alicyclic amines) is 1. The lowest BCUT2D eigenvalue weighted by Gasteiger charge is -2.35. The smallest absolute Gasteiger partial charge is 0.321 e. The van der Waals surface area contributed by atoms with E-state index in [2.05, 4.69) is 15.6 Å². The van der Waals surface area contributed by atoms with Gasteiger partial charge in [0.05, 0.1) is 34.0 Å². The summed E-state index contributed by atoms with van der Waals surface area (Å²) in [5.41, 5.74) is 1.49. The largest absolute Gasteiger partial charge is 0.342 e. The number of benzene rings is 1. The number of sulfone groups is 1. The fourth-order valence-electron chi connectivity index (χ4n) is 4.93. The molecule has 2 fully saturated rings. The molecule has 4 rings (SSSR count). The van der Waals surface area contributed by atoms with Crippen LogP contribution >= 0.6 is 11.3 Å². The first-order valence-electron chi connectivity index (χ1n) is 11.8. The molecular weight excluding hydrogens is 507 g/mol. The van der Waals surface area contributed by atoms with Gasteiger partial charge in [0.25, 0.3) is 0 Å². The predicted octanol–water partition coefficient (Wildman–Crippen LogP) is 2.81. The number of rotatable bonds is 6. The maximum Gasteiger partial charge on any atom is 0.321 e. The van der Waals surface area contributed by atoms with Crippen LogP contribution in [0.5, 0.6) is 0 Å². The standard InChI is InChI=1S/C24H29FN4O5S2/c1-14-21(15(2)30)35-24(26-14)28-23(32)27-20-13-36(33,34)12-19(20)22(31)29-9-3-4-17(11-29)10-16-5-7-18(25)8-6-16/h5-8,17,19-20H,3-4,9-13H2,1-2H3,(H2,26,27,28,32)/t17-,19-,20-/m0/s1. The number of anilines is 1. The van der Waals surface area contributed by atoms with Gasteiger partial charge >= 0.3 is 6.03 Å². The van der Waals surface area contributed by atoms with E-state index in [9.17, 15) is 27.2 Å². The second-order valence-electron chi connectivity index (χ2n) is 9.50. The van der Waals surface area contributed by atoms with Crippen LogP contribution < -0.4 is 10.6 Å². The van der Waals surface area contributed by atoms with Crippen molar-refractivity contribution in [1.29, 1.82) is 0 Å². The molecule has 3 atom stereocenters. The minimum atomic E-state index is -3.51. The van der Waals surface area contributed by atoms with Gasteiger partial charge in [0.2, 0.25) is 5.91 Å². The van der Waals surface area contributed by atoms with Crippen LogP contribution in [0.2, 0.25) is 0 Å². The van der Waals surface area contributed by atoms with Gasteiger partial charge in [-0.25, -0.2) is 22.6 Å². The van der Waals surface area contributed by atoms with Gasteiger partial charge in [0.1, 0.15) is 5.82 Å². The Hall–Kier alpha value is -2.86. The number of urea groups is 1. The normalized spacial score (nSPS) is 23.3. The Labute approximate surface area is 213 Å². The molecule has 1 aromatic heterocycles. The summed E-state index contributed by atoms with van der Waals surface area (Å²) in [5, 5.41) is 5.41. The molecule has 2 aromatic rings. The first kappa shape index (κ1) is 26.2. The van der Waals surface area contributed by atoms with Crippen LogP contribution in [0.3, 0.4) is 0 Å². The van der Waals surface area contributed by atoms with Crippen molar-refractivity contribution in [3.63, 3.8) is 0 Å². The van der Waals surface area contributed by atoms with Gasteiger partial charge in [-0.05, 0) is 49.8 Å². The zero-order valence-corrected chi connectivity index (χ0v) is 21.8. The van der Waals surface area contributed by atoms with Gasteiger partial charge in [0, 0.05) is 20.0 Å². The highest BCUT2D eigenvalue weighted by Crippen LogP contribution is 2.27. The number of Topliss-reactive ketones (excluding diaryl/α,β-unsaturated/α-hetero) is 1. The van der Waals surface area contributed by atoms with Crippen molar-refractivity contribution in [3.05, 3.63) is 46.2 Å². The molecule has 12 heteroatoms. The van der Waals surface area contributed by atoms with Crippen molar-refractivity contribution in [3.8, 4) is 0 Å². The SMILES string of the molecule is CC(=O)c1sc(NC(=O)N[C@H]2CS(=O)(=O)C[C@@H]2C(=O)N2CCC[C@@H](Cc3ccc(F)cc3)C2)nc1C. The van der Waals surface area contributed by atoms with Crippen LogP contribution in [0, 0.1) is 24.6 Å². The fourth-order valence-corrected chi connectivity index (χ4v) is 7.71. The number of piperidine rings is 1. The average molecular weight is 537 g/mol. The van der Waals surface area contributed by atoms with Gasteiger partial charge in [0.15, 0.2) is 20.8 Å². The van der Waals surface area contributed by atoms with E-state index in [1.165, 1.54) is 19.1 Å². The second kappa shape index (κ2) is 10.6.